The van der Waals surface area contributed by atoms with Gasteiger partial charge in [-0.1, -0.05) is 12.1 Å². The molecule has 0 bridgehead atoms. The van der Waals surface area contributed by atoms with Gasteiger partial charge in [-0.2, -0.15) is 0 Å². The maximum atomic E-state index is 10.7. The van der Waals surface area contributed by atoms with Crippen LogP contribution in [0.25, 0.3) is 12.2 Å². The molecule has 164 valence electrons. The van der Waals surface area contributed by atoms with Gasteiger partial charge >= 0.3 is 11.9 Å². The van der Waals surface area contributed by atoms with E-state index in [0.29, 0.717) is 31.1 Å². The molecular formula is C23H26N2O6. The van der Waals surface area contributed by atoms with Gasteiger partial charge in [0.1, 0.15) is 11.5 Å². The van der Waals surface area contributed by atoms with E-state index < -0.39 is 11.9 Å². The third-order valence-corrected chi connectivity index (χ3v) is 4.19. The molecule has 0 aromatic heterocycles. The molecule has 4 N–H and O–H groups in total. The Morgan fingerprint density at radius 3 is 1.58 bits per heavy atom. The minimum atomic E-state index is -1.01. The van der Waals surface area contributed by atoms with Crippen LogP contribution in [0.15, 0.2) is 48.6 Å². The Kier molecular flexibility index (Phi) is 8.97. The molecule has 8 nitrogen and oxygen atoms in total. The highest BCUT2D eigenvalue weighted by Gasteiger charge is 2.06. The highest BCUT2D eigenvalue weighted by atomic mass is 16.5. The third-order valence-electron chi connectivity index (χ3n) is 4.19. The second kappa shape index (κ2) is 11.9. The molecule has 0 amide bonds. The first-order valence-corrected chi connectivity index (χ1v) is 9.64. The molecule has 0 unspecified atom stereocenters. The van der Waals surface area contributed by atoms with Crippen molar-refractivity contribution in [2.75, 3.05) is 37.9 Å². The molecule has 0 saturated carbocycles. The molecule has 0 radical (unpaired) electrons. The van der Waals surface area contributed by atoms with E-state index in [1.165, 1.54) is 12.2 Å². The highest BCUT2D eigenvalue weighted by molar-refractivity contribution is 5.86. The van der Waals surface area contributed by atoms with Crippen molar-refractivity contribution in [1.82, 2.24) is 0 Å². The molecule has 0 aliphatic rings. The van der Waals surface area contributed by atoms with E-state index >= 15 is 0 Å². The standard InChI is InChI=1S/C23H26N2O6/c1-24-18-8-4-16(6-10-22(26)27)14-20(18)30-12-3-13-31-21-15-17(7-11-23(28)29)5-9-19(21)25-2/h4-11,14-15,24-25H,3,12-13H2,1-2H3,(H,26,27)(H,28,29)/b10-6+,11-7+. The lowest BCUT2D eigenvalue weighted by molar-refractivity contribution is -0.132. The first-order chi connectivity index (χ1) is 14.9. The monoisotopic (exact) mass is 426 g/mol. The van der Waals surface area contributed by atoms with Crippen LogP contribution in [0.3, 0.4) is 0 Å². The molecule has 2 aromatic rings. The van der Waals surface area contributed by atoms with E-state index in [4.69, 9.17) is 19.7 Å². The van der Waals surface area contributed by atoms with Gasteiger partial charge < -0.3 is 30.3 Å². The number of nitrogens with one attached hydrogen (secondary N) is 2. The van der Waals surface area contributed by atoms with Crippen molar-refractivity contribution in [3.05, 3.63) is 59.7 Å². The summed E-state index contributed by atoms with van der Waals surface area (Å²) in [5, 5.41) is 23.6. The van der Waals surface area contributed by atoms with Crippen molar-refractivity contribution >= 4 is 35.5 Å². The summed E-state index contributed by atoms with van der Waals surface area (Å²) >= 11 is 0. The summed E-state index contributed by atoms with van der Waals surface area (Å²) < 4.78 is 11.7. The second-order valence-electron chi connectivity index (χ2n) is 6.40. The van der Waals surface area contributed by atoms with Gasteiger partial charge in [0.25, 0.3) is 0 Å². The first kappa shape index (κ1) is 23.3. The number of carboxylic acid groups (broad SMARTS) is 2. The lowest BCUT2D eigenvalue weighted by Gasteiger charge is -2.14. The van der Waals surface area contributed by atoms with Gasteiger partial charge in [0.05, 0.1) is 24.6 Å². The molecular weight excluding hydrogens is 400 g/mol. The number of anilines is 2. The van der Waals surface area contributed by atoms with Crippen molar-refractivity contribution in [1.29, 1.82) is 0 Å². The summed E-state index contributed by atoms with van der Waals surface area (Å²) in [4.78, 5) is 21.4. The molecule has 0 aliphatic heterocycles. The predicted octanol–water partition coefficient (Wildman–Crippen LogP) is 3.81. The van der Waals surface area contributed by atoms with Crippen LogP contribution in [-0.4, -0.2) is 49.5 Å². The third kappa shape index (κ3) is 7.77. The maximum Gasteiger partial charge on any atom is 0.328 e. The van der Waals surface area contributed by atoms with Crippen molar-refractivity contribution < 1.29 is 29.3 Å². The van der Waals surface area contributed by atoms with Gasteiger partial charge in [0, 0.05) is 32.7 Å². The van der Waals surface area contributed by atoms with Crippen molar-refractivity contribution in [2.24, 2.45) is 0 Å². The summed E-state index contributed by atoms with van der Waals surface area (Å²) in [6, 6.07) is 10.8. The molecule has 0 heterocycles. The summed E-state index contributed by atoms with van der Waals surface area (Å²) in [5.41, 5.74) is 3.03. The van der Waals surface area contributed by atoms with E-state index in [-0.39, 0.29) is 0 Å². The zero-order valence-corrected chi connectivity index (χ0v) is 17.4. The fraction of sp³-hybridized carbons (Fsp3) is 0.217. The van der Waals surface area contributed by atoms with Crippen LogP contribution in [0.1, 0.15) is 17.5 Å². The van der Waals surface area contributed by atoms with E-state index in [0.717, 1.165) is 34.7 Å². The predicted molar refractivity (Wildman–Crippen MR) is 121 cm³/mol. The van der Waals surface area contributed by atoms with E-state index in [1.54, 1.807) is 38.4 Å². The molecule has 31 heavy (non-hydrogen) atoms. The number of rotatable bonds is 12. The fourth-order valence-corrected chi connectivity index (χ4v) is 2.70. The molecule has 0 fully saturated rings. The van der Waals surface area contributed by atoms with Gasteiger partial charge in [-0.05, 0) is 47.5 Å². The summed E-state index contributed by atoms with van der Waals surface area (Å²) in [6.07, 6.45) is 5.76. The lowest BCUT2D eigenvalue weighted by atomic mass is 10.1. The molecule has 0 aliphatic carbocycles. The van der Waals surface area contributed by atoms with Gasteiger partial charge in [0.2, 0.25) is 0 Å². The Morgan fingerprint density at radius 1 is 0.806 bits per heavy atom. The summed E-state index contributed by atoms with van der Waals surface area (Å²) in [7, 11) is 3.56. The minimum Gasteiger partial charge on any atom is -0.491 e. The van der Waals surface area contributed by atoms with E-state index in [1.807, 2.05) is 12.1 Å². The number of carbonyl (C=O) groups is 2. The molecule has 0 saturated heterocycles. The van der Waals surface area contributed by atoms with Crippen LogP contribution < -0.4 is 20.1 Å². The van der Waals surface area contributed by atoms with Crippen LogP contribution in [0.5, 0.6) is 11.5 Å². The van der Waals surface area contributed by atoms with Gasteiger partial charge in [0.15, 0.2) is 0 Å². The van der Waals surface area contributed by atoms with Gasteiger partial charge in [-0.25, -0.2) is 9.59 Å². The van der Waals surface area contributed by atoms with Crippen LogP contribution in [0.2, 0.25) is 0 Å². The Bertz CT molecular complexity index is 891. The number of benzene rings is 2. The van der Waals surface area contributed by atoms with Gasteiger partial charge in [-0.15, -0.1) is 0 Å². The zero-order chi connectivity index (χ0) is 22.6. The Labute approximate surface area is 180 Å². The Hall–Kier alpha value is -3.94. The lowest BCUT2D eigenvalue weighted by Crippen LogP contribution is -2.07. The van der Waals surface area contributed by atoms with Crippen LogP contribution in [-0.2, 0) is 9.59 Å². The SMILES string of the molecule is CNc1ccc(/C=C/C(=O)O)cc1OCCCOc1cc(/C=C/C(=O)O)ccc1NC. The molecule has 8 heteroatoms. The minimum absolute atomic E-state index is 0.397. The zero-order valence-electron chi connectivity index (χ0n) is 17.4. The number of carboxylic acids is 2. The van der Waals surface area contributed by atoms with E-state index in [9.17, 15) is 9.59 Å². The average Bonchev–Trinajstić information content (AvgIpc) is 2.76. The average molecular weight is 426 g/mol. The summed E-state index contributed by atoms with van der Waals surface area (Å²) in [5.74, 6) is -0.792. The van der Waals surface area contributed by atoms with Crippen LogP contribution in [0.4, 0.5) is 11.4 Å². The van der Waals surface area contributed by atoms with Crippen molar-refractivity contribution in [3.8, 4) is 11.5 Å². The molecule has 0 atom stereocenters. The Balaban J connectivity index is 1.94. The smallest absolute Gasteiger partial charge is 0.328 e. The summed E-state index contributed by atoms with van der Waals surface area (Å²) in [6.45, 7) is 0.794. The van der Waals surface area contributed by atoms with Crippen molar-refractivity contribution in [3.63, 3.8) is 0 Å². The maximum absolute atomic E-state index is 10.7. The molecule has 0 spiro atoms. The largest absolute Gasteiger partial charge is 0.491 e. The number of hydrogen-bond donors (Lipinski definition) is 4. The number of hydrogen-bond acceptors (Lipinski definition) is 6. The van der Waals surface area contributed by atoms with Crippen molar-refractivity contribution in [2.45, 2.75) is 6.42 Å². The van der Waals surface area contributed by atoms with Gasteiger partial charge in [-0.3, -0.25) is 0 Å². The number of ether oxygens (including phenoxy) is 2. The number of aliphatic carboxylic acids is 2. The Morgan fingerprint density at radius 2 is 1.23 bits per heavy atom. The quantitative estimate of drug-likeness (QED) is 0.299. The highest BCUT2D eigenvalue weighted by Crippen LogP contribution is 2.28. The normalized spacial score (nSPS) is 10.9. The van der Waals surface area contributed by atoms with Crippen LogP contribution >= 0.6 is 0 Å². The molecule has 2 aromatic carbocycles. The topological polar surface area (TPSA) is 117 Å². The van der Waals surface area contributed by atoms with E-state index in [2.05, 4.69) is 10.6 Å². The first-order valence-electron chi connectivity index (χ1n) is 9.64. The van der Waals surface area contributed by atoms with Crippen LogP contribution in [0, 0.1) is 0 Å². The molecule has 2 rings (SSSR count). The second-order valence-corrected chi connectivity index (χ2v) is 6.40. The fourth-order valence-electron chi connectivity index (χ4n) is 2.70.